The molecule has 6 nitrogen and oxygen atoms in total. The molecule has 0 saturated heterocycles. The Kier molecular flexibility index (Phi) is 5.90. The van der Waals surface area contributed by atoms with Gasteiger partial charge in [-0.3, -0.25) is 4.57 Å². The maximum Gasteiger partial charge on any atom is 0.334 e. The number of imidazole rings is 1. The molecule has 0 amide bonds. The number of aromatic nitrogens is 3. The summed E-state index contributed by atoms with van der Waals surface area (Å²) in [6.45, 7) is 2.76. The van der Waals surface area contributed by atoms with E-state index in [2.05, 4.69) is 11.9 Å². The standard InChI is InChI=1S/C27H29N3O3/c1-3-16-29-22-10-6-7-11-23(22)30(27(29)31)26-15-13-20(18-28-26)19-12-14-24(32-2)25(17-19)33-21-8-4-5-9-21/h6-7,10-15,17-18,21H,3-5,8-9,16H2,1-2H3. The van der Waals surface area contributed by atoms with E-state index in [-0.39, 0.29) is 11.8 Å². The summed E-state index contributed by atoms with van der Waals surface area (Å²) < 4.78 is 15.3. The lowest BCUT2D eigenvalue weighted by Crippen LogP contribution is -2.23. The van der Waals surface area contributed by atoms with E-state index in [1.165, 1.54) is 12.8 Å². The van der Waals surface area contributed by atoms with Gasteiger partial charge in [-0.05, 0) is 74.1 Å². The molecule has 2 aromatic carbocycles. The third-order valence-corrected chi connectivity index (χ3v) is 6.35. The summed E-state index contributed by atoms with van der Waals surface area (Å²) in [7, 11) is 1.67. The van der Waals surface area contributed by atoms with Crippen LogP contribution in [0.2, 0.25) is 0 Å². The number of benzene rings is 2. The molecule has 0 atom stereocenters. The third kappa shape index (κ3) is 4.01. The molecule has 4 aromatic rings. The zero-order valence-corrected chi connectivity index (χ0v) is 19.2. The van der Waals surface area contributed by atoms with Crippen molar-refractivity contribution < 1.29 is 9.47 Å². The molecule has 1 fully saturated rings. The molecule has 33 heavy (non-hydrogen) atoms. The van der Waals surface area contributed by atoms with Gasteiger partial charge in [0.05, 0.1) is 24.2 Å². The molecule has 0 spiro atoms. The van der Waals surface area contributed by atoms with Crippen molar-refractivity contribution in [1.82, 2.24) is 14.1 Å². The lowest BCUT2D eigenvalue weighted by molar-refractivity contribution is 0.201. The number of ether oxygens (including phenoxy) is 2. The van der Waals surface area contributed by atoms with Crippen LogP contribution < -0.4 is 15.2 Å². The maximum atomic E-state index is 13.2. The van der Waals surface area contributed by atoms with Gasteiger partial charge < -0.3 is 9.47 Å². The summed E-state index contributed by atoms with van der Waals surface area (Å²) in [4.78, 5) is 17.8. The lowest BCUT2D eigenvalue weighted by Gasteiger charge is -2.17. The van der Waals surface area contributed by atoms with Gasteiger partial charge in [0.1, 0.15) is 5.82 Å². The molecule has 0 bridgehead atoms. The van der Waals surface area contributed by atoms with Gasteiger partial charge in [0.15, 0.2) is 11.5 Å². The Morgan fingerprint density at radius 1 is 0.970 bits per heavy atom. The number of aryl methyl sites for hydroxylation is 1. The predicted octanol–water partition coefficient (Wildman–Crippen LogP) is 5.59. The Hall–Kier alpha value is -3.54. The Balaban J connectivity index is 1.50. The maximum absolute atomic E-state index is 13.2. The van der Waals surface area contributed by atoms with Crippen LogP contribution in [0.15, 0.2) is 65.6 Å². The average molecular weight is 444 g/mol. The van der Waals surface area contributed by atoms with Crippen LogP contribution in [0, 0.1) is 0 Å². The second-order valence-electron chi connectivity index (χ2n) is 8.55. The van der Waals surface area contributed by atoms with Gasteiger partial charge in [-0.15, -0.1) is 0 Å². The van der Waals surface area contributed by atoms with Crippen LogP contribution in [0.4, 0.5) is 0 Å². The molecule has 1 saturated carbocycles. The highest BCUT2D eigenvalue weighted by Gasteiger charge is 2.19. The van der Waals surface area contributed by atoms with Gasteiger partial charge in [0, 0.05) is 18.3 Å². The molecule has 170 valence electrons. The highest BCUT2D eigenvalue weighted by molar-refractivity contribution is 5.78. The Morgan fingerprint density at radius 3 is 2.42 bits per heavy atom. The van der Waals surface area contributed by atoms with Crippen LogP contribution in [0.1, 0.15) is 39.0 Å². The summed E-state index contributed by atoms with van der Waals surface area (Å²) in [5, 5.41) is 0. The number of methoxy groups -OCH3 is 1. The van der Waals surface area contributed by atoms with Crippen molar-refractivity contribution in [1.29, 1.82) is 0 Å². The molecule has 0 N–H and O–H groups in total. The molecule has 1 aliphatic carbocycles. The van der Waals surface area contributed by atoms with E-state index >= 15 is 0 Å². The topological polar surface area (TPSA) is 58.3 Å². The highest BCUT2D eigenvalue weighted by atomic mass is 16.5. The Bertz CT molecular complexity index is 1310. The molecule has 0 unspecified atom stereocenters. The first-order chi connectivity index (χ1) is 16.2. The average Bonchev–Trinajstić information content (AvgIpc) is 3.46. The van der Waals surface area contributed by atoms with Gasteiger partial charge in [-0.25, -0.2) is 14.3 Å². The van der Waals surface area contributed by atoms with Crippen molar-refractivity contribution >= 4 is 11.0 Å². The van der Waals surface area contributed by atoms with E-state index < -0.39 is 0 Å². The lowest BCUT2D eigenvalue weighted by atomic mass is 10.1. The van der Waals surface area contributed by atoms with Crippen molar-refractivity contribution in [2.75, 3.05) is 7.11 Å². The molecule has 2 heterocycles. The Morgan fingerprint density at radius 2 is 1.73 bits per heavy atom. The summed E-state index contributed by atoms with van der Waals surface area (Å²) in [5.74, 6) is 2.13. The van der Waals surface area contributed by atoms with Crippen LogP contribution in [-0.4, -0.2) is 27.3 Å². The number of pyridine rings is 1. The molecular weight excluding hydrogens is 414 g/mol. The fourth-order valence-electron chi connectivity index (χ4n) is 4.69. The van der Waals surface area contributed by atoms with Crippen LogP contribution in [0.3, 0.4) is 0 Å². The van der Waals surface area contributed by atoms with E-state index in [9.17, 15) is 4.79 Å². The number of fused-ring (bicyclic) bond motifs is 1. The van der Waals surface area contributed by atoms with Crippen LogP contribution in [0.5, 0.6) is 11.5 Å². The number of hydrogen-bond donors (Lipinski definition) is 0. The summed E-state index contributed by atoms with van der Waals surface area (Å²) >= 11 is 0. The van der Waals surface area contributed by atoms with E-state index in [1.807, 2.05) is 65.4 Å². The second-order valence-corrected chi connectivity index (χ2v) is 8.55. The molecule has 2 aromatic heterocycles. The minimum absolute atomic E-state index is 0.0602. The summed E-state index contributed by atoms with van der Waals surface area (Å²) in [6.07, 6.45) is 7.56. The van der Waals surface area contributed by atoms with Crippen LogP contribution in [0.25, 0.3) is 28.0 Å². The quantitative estimate of drug-likeness (QED) is 0.373. The fourth-order valence-corrected chi connectivity index (χ4v) is 4.69. The highest BCUT2D eigenvalue weighted by Crippen LogP contribution is 2.35. The minimum atomic E-state index is -0.0602. The zero-order valence-electron chi connectivity index (χ0n) is 19.2. The first-order valence-corrected chi connectivity index (χ1v) is 11.7. The van der Waals surface area contributed by atoms with Gasteiger partial charge in [0.2, 0.25) is 0 Å². The van der Waals surface area contributed by atoms with Crippen molar-refractivity contribution in [2.45, 2.75) is 51.7 Å². The van der Waals surface area contributed by atoms with Crippen molar-refractivity contribution in [3.8, 4) is 28.4 Å². The molecule has 5 rings (SSSR count). The van der Waals surface area contributed by atoms with Gasteiger partial charge in [-0.1, -0.05) is 25.1 Å². The summed E-state index contributed by atoms with van der Waals surface area (Å²) in [5.41, 5.74) is 3.70. The van der Waals surface area contributed by atoms with Gasteiger partial charge in [0.25, 0.3) is 0 Å². The number of hydrogen-bond acceptors (Lipinski definition) is 4. The molecule has 1 aliphatic rings. The third-order valence-electron chi connectivity index (χ3n) is 6.35. The number of para-hydroxylation sites is 2. The Labute approximate surface area is 193 Å². The SMILES string of the molecule is CCCn1c(=O)n(-c2ccc(-c3ccc(OC)c(OC4CCCC4)c3)cn2)c2ccccc21. The van der Waals surface area contributed by atoms with Gasteiger partial charge >= 0.3 is 5.69 Å². The normalized spacial score (nSPS) is 14.1. The van der Waals surface area contributed by atoms with Crippen molar-refractivity contribution in [3.63, 3.8) is 0 Å². The first kappa shape index (κ1) is 21.3. The van der Waals surface area contributed by atoms with E-state index in [0.29, 0.717) is 12.4 Å². The first-order valence-electron chi connectivity index (χ1n) is 11.7. The van der Waals surface area contributed by atoms with E-state index in [1.54, 1.807) is 11.7 Å². The predicted molar refractivity (Wildman–Crippen MR) is 130 cm³/mol. The van der Waals surface area contributed by atoms with E-state index in [4.69, 9.17) is 9.47 Å². The summed E-state index contributed by atoms with van der Waals surface area (Å²) in [6, 6.07) is 17.7. The van der Waals surface area contributed by atoms with Crippen molar-refractivity contribution in [2.24, 2.45) is 0 Å². The zero-order chi connectivity index (χ0) is 22.8. The molecule has 0 radical (unpaired) electrons. The molecular formula is C27H29N3O3. The van der Waals surface area contributed by atoms with E-state index in [0.717, 1.165) is 52.9 Å². The number of rotatable bonds is 7. The van der Waals surface area contributed by atoms with Crippen molar-refractivity contribution in [3.05, 3.63) is 71.3 Å². The fraction of sp³-hybridized carbons (Fsp3) is 0.333. The smallest absolute Gasteiger partial charge is 0.334 e. The largest absolute Gasteiger partial charge is 0.493 e. The van der Waals surface area contributed by atoms with Crippen LogP contribution in [-0.2, 0) is 6.54 Å². The monoisotopic (exact) mass is 443 g/mol. The minimum Gasteiger partial charge on any atom is -0.493 e. The number of nitrogens with zero attached hydrogens (tertiary/aromatic N) is 3. The second kappa shape index (κ2) is 9.14. The molecule has 6 heteroatoms. The molecule has 0 aliphatic heterocycles. The van der Waals surface area contributed by atoms with Crippen LogP contribution >= 0.6 is 0 Å². The van der Waals surface area contributed by atoms with Gasteiger partial charge in [-0.2, -0.15) is 0 Å².